The molecule has 142 valence electrons. The van der Waals surface area contributed by atoms with Gasteiger partial charge >= 0.3 is 0 Å². The second-order valence-corrected chi connectivity index (χ2v) is 6.77. The highest BCUT2D eigenvalue weighted by molar-refractivity contribution is 5.94. The van der Waals surface area contributed by atoms with E-state index in [2.05, 4.69) is 10.3 Å². The summed E-state index contributed by atoms with van der Waals surface area (Å²) in [5, 5.41) is 2.99. The number of benzene rings is 1. The summed E-state index contributed by atoms with van der Waals surface area (Å²) in [6.07, 6.45) is 3.68. The van der Waals surface area contributed by atoms with Crippen molar-refractivity contribution < 1.29 is 14.3 Å². The molecule has 0 radical (unpaired) electrons. The van der Waals surface area contributed by atoms with Crippen LogP contribution in [0.15, 0.2) is 48.7 Å². The fourth-order valence-electron chi connectivity index (χ4n) is 3.22. The van der Waals surface area contributed by atoms with E-state index in [0.29, 0.717) is 18.2 Å². The SMILES string of the molecule is COc1ccc(CC(=O)NCC2CCN(C(=O)c3ccccc3)CC2)nc1. The van der Waals surface area contributed by atoms with Crippen LogP contribution in [0.4, 0.5) is 0 Å². The number of carbonyl (C=O) groups is 2. The fourth-order valence-corrected chi connectivity index (χ4v) is 3.22. The number of methoxy groups -OCH3 is 1. The van der Waals surface area contributed by atoms with E-state index in [9.17, 15) is 9.59 Å². The van der Waals surface area contributed by atoms with Crippen molar-refractivity contribution in [3.8, 4) is 5.75 Å². The first-order valence-electron chi connectivity index (χ1n) is 9.25. The summed E-state index contributed by atoms with van der Waals surface area (Å²) < 4.78 is 5.06. The number of pyridine rings is 1. The van der Waals surface area contributed by atoms with Gasteiger partial charge in [-0.2, -0.15) is 0 Å². The fraction of sp³-hybridized carbons (Fsp3) is 0.381. The van der Waals surface area contributed by atoms with Gasteiger partial charge in [0.2, 0.25) is 5.91 Å². The molecule has 2 aromatic rings. The Hall–Kier alpha value is -2.89. The van der Waals surface area contributed by atoms with Crippen LogP contribution in [0, 0.1) is 5.92 Å². The Morgan fingerprint density at radius 2 is 1.89 bits per heavy atom. The molecule has 1 aromatic carbocycles. The summed E-state index contributed by atoms with van der Waals surface area (Å²) in [7, 11) is 1.59. The molecule has 1 aliphatic rings. The van der Waals surface area contributed by atoms with Crippen molar-refractivity contribution in [3.63, 3.8) is 0 Å². The molecule has 6 heteroatoms. The molecule has 3 rings (SSSR count). The molecule has 27 heavy (non-hydrogen) atoms. The lowest BCUT2D eigenvalue weighted by atomic mass is 9.96. The van der Waals surface area contributed by atoms with Gasteiger partial charge in [-0.25, -0.2) is 0 Å². The van der Waals surface area contributed by atoms with Crippen molar-refractivity contribution in [1.29, 1.82) is 0 Å². The number of nitrogens with zero attached hydrogens (tertiary/aromatic N) is 2. The molecule has 0 saturated carbocycles. The Labute approximate surface area is 159 Å². The van der Waals surface area contributed by atoms with Gasteiger partial charge in [-0.1, -0.05) is 18.2 Å². The zero-order chi connectivity index (χ0) is 19.1. The van der Waals surface area contributed by atoms with Crippen LogP contribution < -0.4 is 10.1 Å². The van der Waals surface area contributed by atoms with Crippen molar-refractivity contribution in [2.75, 3.05) is 26.7 Å². The quantitative estimate of drug-likeness (QED) is 0.850. The molecule has 1 aromatic heterocycles. The molecule has 1 saturated heterocycles. The second-order valence-electron chi connectivity index (χ2n) is 6.77. The van der Waals surface area contributed by atoms with Crippen LogP contribution in [0.1, 0.15) is 28.9 Å². The average molecular weight is 367 g/mol. The van der Waals surface area contributed by atoms with E-state index in [4.69, 9.17) is 4.74 Å². The summed E-state index contributed by atoms with van der Waals surface area (Å²) in [5.74, 6) is 1.13. The Morgan fingerprint density at radius 1 is 1.15 bits per heavy atom. The number of rotatable bonds is 6. The van der Waals surface area contributed by atoms with Gasteiger partial charge in [-0.3, -0.25) is 14.6 Å². The van der Waals surface area contributed by atoms with Gasteiger partial charge in [-0.15, -0.1) is 0 Å². The number of aromatic nitrogens is 1. The minimum Gasteiger partial charge on any atom is -0.495 e. The Morgan fingerprint density at radius 3 is 2.52 bits per heavy atom. The molecular formula is C21H25N3O3. The number of hydrogen-bond donors (Lipinski definition) is 1. The molecule has 0 unspecified atom stereocenters. The highest BCUT2D eigenvalue weighted by Gasteiger charge is 2.23. The van der Waals surface area contributed by atoms with E-state index in [0.717, 1.165) is 37.2 Å². The molecule has 0 spiro atoms. The van der Waals surface area contributed by atoms with E-state index in [-0.39, 0.29) is 18.2 Å². The second kappa shape index (κ2) is 9.16. The summed E-state index contributed by atoms with van der Waals surface area (Å²) in [6, 6.07) is 13.0. The molecule has 0 atom stereocenters. The van der Waals surface area contributed by atoms with E-state index < -0.39 is 0 Å². The summed E-state index contributed by atoms with van der Waals surface area (Å²) in [6.45, 7) is 2.10. The first-order chi connectivity index (χ1) is 13.2. The van der Waals surface area contributed by atoms with Crippen molar-refractivity contribution in [2.45, 2.75) is 19.3 Å². The number of likely N-dealkylation sites (tertiary alicyclic amines) is 1. The molecule has 1 fully saturated rings. The van der Waals surface area contributed by atoms with Gasteiger partial charge in [-0.05, 0) is 43.0 Å². The molecule has 6 nitrogen and oxygen atoms in total. The number of carbonyl (C=O) groups excluding carboxylic acids is 2. The minimum atomic E-state index is -0.0320. The molecule has 2 amide bonds. The maximum Gasteiger partial charge on any atom is 0.253 e. The lowest BCUT2D eigenvalue weighted by molar-refractivity contribution is -0.120. The zero-order valence-electron chi connectivity index (χ0n) is 15.6. The smallest absolute Gasteiger partial charge is 0.253 e. The van der Waals surface area contributed by atoms with Crippen LogP contribution >= 0.6 is 0 Å². The molecular weight excluding hydrogens is 342 g/mol. The van der Waals surface area contributed by atoms with Crippen molar-refractivity contribution in [2.24, 2.45) is 5.92 Å². The number of hydrogen-bond acceptors (Lipinski definition) is 4. The first kappa shape index (κ1) is 18.9. The summed E-state index contributed by atoms with van der Waals surface area (Å²) in [4.78, 5) is 30.7. The predicted octanol–water partition coefficient (Wildman–Crippen LogP) is 2.30. The third-order valence-electron chi connectivity index (χ3n) is 4.89. The average Bonchev–Trinajstić information content (AvgIpc) is 2.73. The van der Waals surface area contributed by atoms with Crippen molar-refractivity contribution in [3.05, 3.63) is 59.9 Å². The van der Waals surface area contributed by atoms with Gasteiger partial charge in [0, 0.05) is 30.9 Å². The number of ether oxygens (including phenoxy) is 1. The van der Waals surface area contributed by atoms with Gasteiger partial charge in [0.25, 0.3) is 5.91 Å². The van der Waals surface area contributed by atoms with Crippen LogP contribution in [-0.4, -0.2) is 48.4 Å². The largest absolute Gasteiger partial charge is 0.495 e. The maximum atomic E-state index is 12.5. The maximum absolute atomic E-state index is 12.5. The van der Waals surface area contributed by atoms with E-state index in [1.807, 2.05) is 35.2 Å². The highest BCUT2D eigenvalue weighted by atomic mass is 16.5. The zero-order valence-corrected chi connectivity index (χ0v) is 15.6. The Bertz CT molecular complexity index is 754. The summed E-state index contributed by atoms with van der Waals surface area (Å²) in [5.41, 5.74) is 1.45. The van der Waals surface area contributed by atoms with Crippen LogP contribution in [0.3, 0.4) is 0 Å². The number of nitrogens with one attached hydrogen (secondary N) is 1. The van der Waals surface area contributed by atoms with Crippen LogP contribution in [0.5, 0.6) is 5.75 Å². The van der Waals surface area contributed by atoms with Crippen LogP contribution in [0.25, 0.3) is 0 Å². The van der Waals surface area contributed by atoms with Gasteiger partial charge in [0.05, 0.1) is 19.7 Å². The third kappa shape index (κ3) is 5.29. The summed E-state index contributed by atoms with van der Waals surface area (Å²) >= 11 is 0. The molecule has 2 heterocycles. The third-order valence-corrected chi connectivity index (χ3v) is 4.89. The van der Waals surface area contributed by atoms with Crippen molar-refractivity contribution in [1.82, 2.24) is 15.2 Å². The Balaban J connectivity index is 1.40. The number of piperidine rings is 1. The van der Waals surface area contributed by atoms with E-state index in [1.54, 1.807) is 25.4 Å². The topological polar surface area (TPSA) is 71.5 Å². The lowest BCUT2D eigenvalue weighted by Crippen LogP contribution is -2.41. The van der Waals surface area contributed by atoms with Gasteiger partial charge in [0.15, 0.2) is 0 Å². The standard InChI is InChI=1S/C21H25N3O3/c1-27-19-8-7-18(22-15-19)13-20(25)23-14-16-9-11-24(12-10-16)21(26)17-5-3-2-4-6-17/h2-8,15-16H,9-14H2,1H3,(H,23,25). The minimum absolute atomic E-state index is 0.0320. The van der Waals surface area contributed by atoms with Gasteiger partial charge < -0.3 is 15.0 Å². The van der Waals surface area contributed by atoms with E-state index >= 15 is 0 Å². The molecule has 1 N–H and O–H groups in total. The monoisotopic (exact) mass is 367 g/mol. The first-order valence-corrected chi connectivity index (χ1v) is 9.25. The molecule has 0 bridgehead atoms. The van der Waals surface area contributed by atoms with Gasteiger partial charge in [0.1, 0.15) is 5.75 Å². The number of amides is 2. The predicted molar refractivity (Wildman–Crippen MR) is 103 cm³/mol. The lowest BCUT2D eigenvalue weighted by Gasteiger charge is -2.32. The van der Waals surface area contributed by atoms with Crippen LogP contribution in [-0.2, 0) is 11.2 Å². The van der Waals surface area contributed by atoms with E-state index in [1.165, 1.54) is 0 Å². The molecule has 0 aliphatic carbocycles. The van der Waals surface area contributed by atoms with Crippen molar-refractivity contribution >= 4 is 11.8 Å². The van der Waals surface area contributed by atoms with Crippen LogP contribution in [0.2, 0.25) is 0 Å². The molecule has 1 aliphatic heterocycles. The Kier molecular flexibility index (Phi) is 6.41. The normalized spacial score (nSPS) is 14.6. The highest BCUT2D eigenvalue weighted by Crippen LogP contribution is 2.18.